The lowest BCUT2D eigenvalue weighted by molar-refractivity contribution is -0.0611. The molecule has 1 amide bonds. The van der Waals surface area contributed by atoms with Crippen molar-refractivity contribution in [3.8, 4) is 0 Å². The molecule has 2 heterocycles. The fourth-order valence-electron chi connectivity index (χ4n) is 3.96. The van der Waals surface area contributed by atoms with Gasteiger partial charge in [0.05, 0.1) is 22.3 Å². The number of hydrogen-bond donors (Lipinski definition) is 1. The lowest BCUT2D eigenvalue weighted by atomic mass is 9.77. The summed E-state index contributed by atoms with van der Waals surface area (Å²) in [6, 6.07) is 10.1. The van der Waals surface area contributed by atoms with Gasteiger partial charge in [0.15, 0.2) is 0 Å². The maximum atomic E-state index is 13.1. The van der Waals surface area contributed by atoms with E-state index in [1.807, 2.05) is 39.2 Å². The molecule has 0 unspecified atom stereocenters. The van der Waals surface area contributed by atoms with Gasteiger partial charge in [-0.05, 0) is 33.0 Å². The average Bonchev–Trinajstić information content (AvgIpc) is 3.03. The van der Waals surface area contributed by atoms with E-state index in [0.29, 0.717) is 30.3 Å². The molecule has 0 radical (unpaired) electrons. The highest BCUT2D eigenvalue weighted by molar-refractivity contribution is 7.13. The predicted molar refractivity (Wildman–Crippen MR) is 109 cm³/mol. The Balaban J connectivity index is 1.85. The number of benzene rings is 1. The van der Waals surface area contributed by atoms with Crippen LogP contribution in [-0.2, 0) is 5.54 Å². The molecule has 0 spiro atoms. The topological polar surface area (TPSA) is 56.7 Å². The van der Waals surface area contributed by atoms with E-state index in [4.69, 9.17) is 0 Å². The predicted octanol–water partition coefficient (Wildman–Crippen LogP) is 3.24. The van der Waals surface area contributed by atoms with Crippen molar-refractivity contribution in [2.45, 2.75) is 44.8 Å². The molecule has 0 bridgehead atoms. The first-order valence-electron chi connectivity index (χ1n) is 9.45. The van der Waals surface area contributed by atoms with Crippen LogP contribution in [0, 0.1) is 6.92 Å². The molecule has 1 aliphatic heterocycles. The molecule has 146 valence electrons. The normalized spacial score (nSPS) is 23.3. The standard InChI is InChI=1S/C21H29N3O2S/c1-14(2)19-22-15(3)18(27-19)20(26)24-12-11-21(23(4)5,17(25)13-24)16-9-7-6-8-10-16/h6-10,14,17,25H,11-13H2,1-5H3/t17-,21+/m1/s1. The Morgan fingerprint density at radius 3 is 2.52 bits per heavy atom. The van der Waals surface area contributed by atoms with Crippen LogP contribution in [0.3, 0.4) is 0 Å². The van der Waals surface area contributed by atoms with E-state index < -0.39 is 11.6 Å². The van der Waals surface area contributed by atoms with Crippen LogP contribution in [-0.4, -0.2) is 59.1 Å². The number of nitrogens with zero attached hydrogens (tertiary/aromatic N) is 3. The smallest absolute Gasteiger partial charge is 0.265 e. The number of piperidine rings is 1. The zero-order valence-electron chi connectivity index (χ0n) is 16.8. The highest BCUT2D eigenvalue weighted by atomic mass is 32.1. The summed E-state index contributed by atoms with van der Waals surface area (Å²) in [5, 5.41) is 12.1. The van der Waals surface area contributed by atoms with Crippen molar-refractivity contribution in [3.05, 3.63) is 51.5 Å². The molecule has 0 aliphatic carbocycles. The van der Waals surface area contributed by atoms with Gasteiger partial charge in [0, 0.05) is 19.0 Å². The molecule has 2 aromatic rings. The van der Waals surface area contributed by atoms with E-state index in [1.54, 1.807) is 4.90 Å². The molecular formula is C21H29N3O2S. The number of hydrogen-bond acceptors (Lipinski definition) is 5. The second kappa shape index (κ2) is 7.70. The van der Waals surface area contributed by atoms with E-state index in [0.717, 1.165) is 16.3 Å². The average molecular weight is 388 g/mol. The summed E-state index contributed by atoms with van der Waals surface area (Å²) in [5.41, 5.74) is 1.39. The van der Waals surface area contributed by atoms with Gasteiger partial charge in [-0.3, -0.25) is 9.69 Å². The second-order valence-corrected chi connectivity index (χ2v) is 8.85. The van der Waals surface area contributed by atoms with Crippen molar-refractivity contribution in [1.29, 1.82) is 0 Å². The summed E-state index contributed by atoms with van der Waals surface area (Å²) >= 11 is 1.48. The van der Waals surface area contributed by atoms with Crippen molar-refractivity contribution in [3.63, 3.8) is 0 Å². The SMILES string of the molecule is Cc1nc(C(C)C)sc1C(=O)N1CC[C@@](c2ccccc2)(N(C)C)[C@H](O)C1. The summed E-state index contributed by atoms with van der Waals surface area (Å²) in [6.07, 6.45) is 0.0246. The summed E-state index contributed by atoms with van der Waals surface area (Å²) in [4.78, 5) is 22.2. The monoisotopic (exact) mass is 387 g/mol. The van der Waals surface area contributed by atoms with Crippen molar-refractivity contribution in [2.24, 2.45) is 0 Å². The number of amides is 1. The van der Waals surface area contributed by atoms with Gasteiger partial charge in [-0.1, -0.05) is 44.2 Å². The highest BCUT2D eigenvalue weighted by Crippen LogP contribution is 2.38. The van der Waals surface area contributed by atoms with Crippen molar-refractivity contribution < 1.29 is 9.90 Å². The van der Waals surface area contributed by atoms with Gasteiger partial charge in [0.1, 0.15) is 4.88 Å². The molecule has 5 nitrogen and oxygen atoms in total. The molecule has 1 fully saturated rings. The van der Waals surface area contributed by atoms with E-state index in [1.165, 1.54) is 11.3 Å². The molecule has 0 saturated carbocycles. The fourth-order valence-corrected chi connectivity index (χ4v) is 4.99. The Morgan fingerprint density at radius 1 is 1.33 bits per heavy atom. The lowest BCUT2D eigenvalue weighted by Gasteiger charge is -2.49. The van der Waals surface area contributed by atoms with E-state index in [-0.39, 0.29) is 5.91 Å². The maximum absolute atomic E-state index is 13.1. The van der Waals surface area contributed by atoms with Crippen LogP contribution in [0.1, 0.15) is 52.1 Å². The minimum absolute atomic E-state index is 0.0173. The van der Waals surface area contributed by atoms with Gasteiger partial charge >= 0.3 is 0 Å². The van der Waals surface area contributed by atoms with Gasteiger partial charge in [0.25, 0.3) is 5.91 Å². The zero-order chi connectivity index (χ0) is 19.8. The Labute approximate surface area is 165 Å². The maximum Gasteiger partial charge on any atom is 0.265 e. The number of aryl methyl sites for hydroxylation is 1. The molecule has 1 N–H and O–H groups in total. The number of aliphatic hydroxyl groups is 1. The summed E-state index contributed by atoms with van der Waals surface area (Å²) < 4.78 is 0. The van der Waals surface area contributed by atoms with Crippen LogP contribution in [0.25, 0.3) is 0 Å². The summed E-state index contributed by atoms with van der Waals surface area (Å²) in [7, 11) is 3.99. The van der Waals surface area contributed by atoms with Crippen molar-refractivity contribution in [2.75, 3.05) is 27.2 Å². The molecule has 1 aromatic heterocycles. The second-order valence-electron chi connectivity index (χ2n) is 7.82. The third kappa shape index (κ3) is 3.53. The quantitative estimate of drug-likeness (QED) is 0.875. The third-order valence-electron chi connectivity index (χ3n) is 5.57. The minimum Gasteiger partial charge on any atom is -0.389 e. The Hall–Kier alpha value is -1.76. The summed E-state index contributed by atoms with van der Waals surface area (Å²) in [6.45, 7) is 6.99. The highest BCUT2D eigenvalue weighted by Gasteiger charge is 2.46. The Kier molecular flexibility index (Phi) is 5.70. The summed E-state index contributed by atoms with van der Waals surface area (Å²) in [5.74, 6) is 0.290. The number of carbonyl (C=O) groups is 1. The number of aromatic nitrogens is 1. The number of likely N-dealkylation sites (tertiary alicyclic amines) is 1. The molecule has 2 atom stereocenters. The van der Waals surface area contributed by atoms with E-state index in [2.05, 4.69) is 35.9 Å². The van der Waals surface area contributed by atoms with Crippen molar-refractivity contribution >= 4 is 17.2 Å². The molecule has 1 aliphatic rings. The molecule has 1 saturated heterocycles. The van der Waals surface area contributed by atoms with E-state index in [9.17, 15) is 9.90 Å². The largest absolute Gasteiger partial charge is 0.389 e. The number of likely N-dealkylation sites (N-methyl/N-ethyl adjacent to an activating group) is 1. The number of β-amino-alcohol motifs (C(OH)–C–C–N with tert-alkyl or cyclic N) is 1. The van der Waals surface area contributed by atoms with Gasteiger partial charge in [0.2, 0.25) is 0 Å². The number of carbonyl (C=O) groups excluding carboxylic acids is 1. The minimum atomic E-state index is -0.662. The molecular weight excluding hydrogens is 358 g/mol. The Bertz CT molecular complexity index is 803. The first kappa shape index (κ1) is 20.0. The molecule has 1 aromatic carbocycles. The van der Waals surface area contributed by atoms with Crippen LogP contribution < -0.4 is 0 Å². The van der Waals surface area contributed by atoms with Crippen LogP contribution in [0.15, 0.2) is 30.3 Å². The van der Waals surface area contributed by atoms with Crippen molar-refractivity contribution in [1.82, 2.24) is 14.8 Å². The van der Waals surface area contributed by atoms with Crippen LogP contribution in [0.4, 0.5) is 0 Å². The van der Waals surface area contributed by atoms with E-state index >= 15 is 0 Å². The zero-order valence-corrected chi connectivity index (χ0v) is 17.6. The molecule has 27 heavy (non-hydrogen) atoms. The first-order valence-corrected chi connectivity index (χ1v) is 10.3. The van der Waals surface area contributed by atoms with Crippen LogP contribution >= 0.6 is 11.3 Å². The lowest BCUT2D eigenvalue weighted by Crippen LogP contribution is -2.60. The van der Waals surface area contributed by atoms with Gasteiger partial charge in [-0.2, -0.15) is 0 Å². The van der Waals surface area contributed by atoms with Gasteiger partial charge in [-0.15, -0.1) is 11.3 Å². The van der Waals surface area contributed by atoms with Crippen LogP contribution in [0.2, 0.25) is 0 Å². The van der Waals surface area contributed by atoms with Gasteiger partial charge < -0.3 is 10.0 Å². The third-order valence-corrected chi connectivity index (χ3v) is 7.01. The van der Waals surface area contributed by atoms with Gasteiger partial charge in [-0.25, -0.2) is 4.98 Å². The van der Waals surface area contributed by atoms with Crippen LogP contribution in [0.5, 0.6) is 0 Å². The number of rotatable bonds is 4. The fraction of sp³-hybridized carbons (Fsp3) is 0.524. The first-order chi connectivity index (χ1) is 12.8. The molecule has 3 rings (SSSR count). The Morgan fingerprint density at radius 2 is 2.00 bits per heavy atom. The number of thiazole rings is 1. The number of aliphatic hydroxyl groups excluding tert-OH is 1. The molecule has 6 heteroatoms.